The molecule has 0 radical (unpaired) electrons. The summed E-state index contributed by atoms with van der Waals surface area (Å²) in [6.45, 7) is 6.03. The van der Waals surface area contributed by atoms with E-state index in [4.69, 9.17) is 4.74 Å². The standard InChI is InChI=1S/C17H26F3N3O.HI/c1-3-21-16(22-11-5-4-10-17(18,19)20)23-12-13-24-15-8-6-14(2)7-9-15;/h6-9H,3-5,10-13H2,1-2H3,(H2,21,22,23);1H. The van der Waals surface area contributed by atoms with E-state index in [0.717, 1.165) is 5.75 Å². The average molecular weight is 473 g/mol. The zero-order valence-electron chi connectivity index (χ0n) is 14.7. The Kier molecular flexibility index (Phi) is 12.5. The van der Waals surface area contributed by atoms with Crippen LogP contribution in [0, 0.1) is 6.92 Å². The van der Waals surface area contributed by atoms with Crippen LogP contribution in [-0.2, 0) is 0 Å². The molecule has 0 aromatic heterocycles. The molecule has 0 saturated heterocycles. The van der Waals surface area contributed by atoms with Gasteiger partial charge in [-0.25, -0.2) is 0 Å². The summed E-state index contributed by atoms with van der Waals surface area (Å²) < 4.78 is 41.8. The van der Waals surface area contributed by atoms with Crippen molar-refractivity contribution in [1.82, 2.24) is 10.6 Å². The number of hydrogen-bond donors (Lipinski definition) is 2. The Hall–Kier alpha value is -1.19. The van der Waals surface area contributed by atoms with E-state index in [0.29, 0.717) is 38.6 Å². The lowest BCUT2D eigenvalue weighted by Gasteiger charge is -2.12. The van der Waals surface area contributed by atoms with Gasteiger partial charge in [0.25, 0.3) is 0 Å². The Labute approximate surface area is 164 Å². The zero-order valence-corrected chi connectivity index (χ0v) is 17.0. The number of benzene rings is 1. The molecule has 0 aliphatic rings. The van der Waals surface area contributed by atoms with Crippen LogP contribution >= 0.6 is 24.0 Å². The van der Waals surface area contributed by atoms with Crippen LogP contribution in [0.2, 0.25) is 0 Å². The van der Waals surface area contributed by atoms with E-state index in [9.17, 15) is 13.2 Å². The van der Waals surface area contributed by atoms with Crippen molar-refractivity contribution in [2.24, 2.45) is 4.99 Å². The molecular weight excluding hydrogens is 446 g/mol. The fourth-order valence-electron chi connectivity index (χ4n) is 1.94. The van der Waals surface area contributed by atoms with Crippen LogP contribution in [-0.4, -0.2) is 38.4 Å². The maximum absolute atomic E-state index is 12.1. The maximum Gasteiger partial charge on any atom is 0.389 e. The van der Waals surface area contributed by atoms with Gasteiger partial charge in [-0.15, -0.1) is 24.0 Å². The minimum absolute atomic E-state index is 0. The van der Waals surface area contributed by atoms with Crippen LogP contribution in [0.25, 0.3) is 0 Å². The van der Waals surface area contributed by atoms with E-state index in [-0.39, 0.29) is 30.4 Å². The first kappa shape index (κ1) is 23.8. The monoisotopic (exact) mass is 473 g/mol. The van der Waals surface area contributed by atoms with Crippen molar-refractivity contribution < 1.29 is 17.9 Å². The number of aliphatic imine (C=N–C) groups is 1. The summed E-state index contributed by atoms with van der Waals surface area (Å²) in [5.74, 6) is 1.40. The van der Waals surface area contributed by atoms with Crippen molar-refractivity contribution in [3.05, 3.63) is 29.8 Å². The molecule has 0 amide bonds. The van der Waals surface area contributed by atoms with Crippen LogP contribution in [0.4, 0.5) is 13.2 Å². The summed E-state index contributed by atoms with van der Waals surface area (Å²) in [6, 6.07) is 7.79. The first-order valence-electron chi connectivity index (χ1n) is 8.19. The summed E-state index contributed by atoms with van der Waals surface area (Å²) in [5.41, 5.74) is 1.17. The summed E-state index contributed by atoms with van der Waals surface area (Å²) in [6.07, 6.45) is -4.32. The smallest absolute Gasteiger partial charge is 0.389 e. The molecule has 0 heterocycles. The normalized spacial score (nSPS) is 11.6. The third-order valence-electron chi connectivity index (χ3n) is 3.17. The highest BCUT2D eigenvalue weighted by molar-refractivity contribution is 14.0. The fourth-order valence-corrected chi connectivity index (χ4v) is 1.94. The number of nitrogens with one attached hydrogen (secondary N) is 2. The number of hydrogen-bond acceptors (Lipinski definition) is 2. The molecule has 0 atom stereocenters. The summed E-state index contributed by atoms with van der Waals surface area (Å²) >= 11 is 0. The predicted molar refractivity (Wildman–Crippen MR) is 106 cm³/mol. The molecule has 8 heteroatoms. The van der Waals surface area contributed by atoms with Crippen LogP contribution in [0.1, 0.15) is 31.7 Å². The molecule has 0 saturated carbocycles. The van der Waals surface area contributed by atoms with Gasteiger partial charge >= 0.3 is 6.18 Å². The van der Waals surface area contributed by atoms with Crippen LogP contribution in [0.3, 0.4) is 0 Å². The van der Waals surface area contributed by atoms with Gasteiger partial charge in [-0.05, 0) is 38.8 Å². The fraction of sp³-hybridized carbons (Fsp3) is 0.588. The van der Waals surface area contributed by atoms with E-state index in [1.807, 2.05) is 38.1 Å². The molecule has 144 valence electrons. The molecule has 0 aliphatic carbocycles. The molecule has 0 fully saturated rings. The highest BCUT2D eigenvalue weighted by atomic mass is 127. The molecule has 0 bridgehead atoms. The third kappa shape index (κ3) is 12.8. The van der Waals surface area contributed by atoms with E-state index >= 15 is 0 Å². The van der Waals surface area contributed by atoms with Crippen molar-refractivity contribution >= 4 is 29.9 Å². The molecular formula is C17H27F3IN3O. The molecule has 25 heavy (non-hydrogen) atoms. The Bertz CT molecular complexity index is 493. The Balaban J connectivity index is 0.00000576. The highest BCUT2D eigenvalue weighted by Gasteiger charge is 2.25. The van der Waals surface area contributed by atoms with Gasteiger partial charge in [-0.1, -0.05) is 17.7 Å². The SMILES string of the molecule is CCNC(=NCCCCC(F)(F)F)NCCOc1ccc(C)cc1.I. The Morgan fingerprint density at radius 2 is 1.80 bits per heavy atom. The molecule has 1 rings (SSSR count). The van der Waals surface area contributed by atoms with Crippen LogP contribution in [0.5, 0.6) is 5.75 Å². The number of unbranched alkanes of at least 4 members (excludes halogenated alkanes) is 1. The number of alkyl halides is 3. The quantitative estimate of drug-likeness (QED) is 0.244. The first-order chi connectivity index (χ1) is 11.4. The second kappa shape index (κ2) is 13.1. The predicted octanol–water partition coefficient (Wildman–Crippen LogP) is 4.28. The summed E-state index contributed by atoms with van der Waals surface area (Å²) in [7, 11) is 0. The average Bonchev–Trinajstić information content (AvgIpc) is 2.51. The number of ether oxygens (including phenoxy) is 1. The lowest BCUT2D eigenvalue weighted by Crippen LogP contribution is -2.39. The van der Waals surface area contributed by atoms with Crippen LogP contribution < -0.4 is 15.4 Å². The molecule has 0 unspecified atom stereocenters. The number of guanidine groups is 1. The zero-order chi connectivity index (χ0) is 17.8. The Morgan fingerprint density at radius 1 is 1.12 bits per heavy atom. The maximum atomic E-state index is 12.1. The van der Waals surface area contributed by atoms with Gasteiger partial charge in [0, 0.05) is 19.5 Å². The summed E-state index contributed by atoms with van der Waals surface area (Å²) in [4.78, 5) is 4.26. The Morgan fingerprint density at radius 3 is 2.40 bits per heavy atom. The number of nitrogens with zero attached hydrogens (tertiary/aromatic N) is 1. The van der Waals surface area contributed by atoms with Crippen LogP contribution in [0.15, 0.2) is 29.3 Å². The molecule has 1 aromatic rings. The third-order valence-corrected chi connectivity index (χ3v) is 3.17. The van der Waals surface area contributed by atoms with E-state index < -0.39 is 12.6 Å². The van der Waals surface area contributed by atoms with Crippen molar-refractivity contribution in [3.63, 3.8) is 0 Å². The molecule has 4 nitrogen and oxygen atoms in total. The van der Waals surface area contributed by atoms with Gasteiger partial charge in [-0.2, -0.15) is 13.2 Å². The largest absolute Gasteiger partial charge is 0.492 e. The number of rotatable bonds is 9. The lowest BCUT2D eigenvalue weighted by molar-refractivity contribution is -0.135. The van der Waals surface area contributed by atoms with Gasteiger partial charge in [0.2, 0.25) is 0 Å². The van der Waals surface area contributed by atoms with Gasteiger partial charge in [-0.3, -0.25) is 4.99 Å². The van der Waals surface area contributed by atoms with E-state index in [1.165, 1.54) is 5.56 Å². The second-order valence-corrected chi connectivity index (χ2v) is 5.42. The van der Waals surface area contributed by atoms with Crippen molar-refractivity contribution in [2.45, 2.75) is 39.3 Å². The van der Waals surface area contributed by atoms with Gasteiger partial charge < -0.3 is 15.4 Å². The van der Waals surface area contributed by atoms with Gasteiger partial charge in [0.05, 0.1) is 6.54 Å². The molecule has 2 N–H and O–H groups in total. The highest BCUT2D eigenvalue weighted by Crippen LogP contribution is 2.21. The lowest BCUT2D eigenvalue weighted by atomic mass is 10.2. The van der Waals surface area contributed by atoms with Crippen molar-refractivity contribution in [3.8, 4) is 5.75 Å². The van der Waals surface area contributed by atoms with Crippen molar-refractivity contribution in [2.75, 3.05) is 26.2 Å². The molecule has 1 aromatic carbocycles. The minimum atomic E-state index is -4.08. The topological polar surface area (TPSA) is 45.7 Å². The first-order valence-corrected chi connectivity index (χ1v) is 8.19. The molecule has 0 aliphatic heterocycles. The van der Waals surface area contributed by atoms with Crippen molar-refractivity contribution in [1.29, 1.82) is 0 Å². The van der Waals surface area contributed by atoms with Gasteiger partial charge in [0.1, 0.15) is 12.4 Å². The number of halogens is 4. The van der Waals surface area contributed by atoms with Gasteiger partial charge in [0.15, 0.2) is 5.96 Å². The minimum Gasteiger partial charge on any atom is -0.492 e. The van der Waals surface area contributed by atoms with E-state index in [2.05, 4.69) is 15.6 Å². The van der Waals surface area contributed by atoms with E-state index in [1.54, 1.807) is 0 Å². The summed E-state index contributed by atoms with van der Waals surface area (Å²) in [5, 5.41) is 6.16. The number of aryl methyl sites for hydroxylation is 1. The second-order valence-electron chi connectivity index (χ2n) is 5.42. The molecule has 0 spiro atoms.